The van der Waals surface area contributed by atoms with E-state index in [0.29, 0.717) is 11.3 Å². The molecular weight excluding hydrogens is 192 g/mol. The van der Waals surface area contributed by atoms with E-state index in [4.69, 9.17) is 0 Å². The highest BCUT2D eigenvalue weighted by Gasteiger charge is 2.22. The van der Waals surface area contributed by atoms with Crippen molar-refractivity contribution in [2.24, 2.45) is 11.3 Å². The summed E-state index contributed by atoms with van der Waals surface area (Å²) in [6, 6.07) is 9.06. The molecule has 1 aromatic rings. The maximum Gasteiger partial charge on any atom is -0.0219 e. The molecule has 1 aromatic carbocycles. The standard InChI is InChI=1S/C16H26/c1-12(2)15-9-7-8-14(10-15)11-16(5,6)13(3)4/h7-10,12-13H,11H2,1-6H3. The molecule has 0 aliphatic rings. The quantitative estimate of drug-likeness (QED) is 0.664. The van der Waals surface area contributed by atoms with Gasteiger partial charge in [-0.3, -0.25) is 0 Å². The van der Waals surface area contributed by atoms with Crippen molar-refractivity contribution < 1.29 is 0 Å². The number of hydrogen-bond acceptors (Lipinski definition) is 0. The zero-order valence-electron chi connectivity index (χ0n) is 11.7. The Bertz CT molecular complexity index is 332. The fraction of sp³-hybridized carbons (Fsp3) is 0.625. The first-order valence-electron chi connectivity index (χ1n) is 6.42. The summed E-state index contributed by atoms with van der Waals surface area (Å²) in [7, 11) is 0. The topological polar surface area (TPSA) is 0 Å². The average Bonchev–Trinajstić information content (AvgIpc) is 2.17. The van der Waals surface area contributed by atoms with Gasteiger partial charge in [-0.2, -0.15) is 0 Å². The molecule has 16 heavy (non-hydrogen) atoms. The van der Waals surface area contributed by atoms with E-state index < -0.39 is 0 Å². The lowest BCUT2D eigenvalue weighted by Gasteiger charge is -2.29. The molecular formula is C16H26. The van der Waals surface area contributed by atoms with E-state index in [2.05, 4.69) is 65.8 Å². The van der Waals surface area contributed by atoms with Crippen molar-refractivity contribution in [3.05, 3.63) is 35.4 Å². The largest absolute Gasteiger partial charge is 0.0623 e. The molecule has 0 radical (unpaired) electrons. The number of hydrogen-bond donors (Lipinski definition) is 0. The monoisotopic (exact) mass is 218 g/mol. The van der Waals surface area contributed by atoms with Crippen LogP contribution in [0, 0.1) is 11.3 Å². The summed E-state index contributed by atoms with van der Waals surface area (Å²) >= 11 is 0. The Morgan fingerprint density at radius 1 is 1.06 bits per heavy atom. The maximum atomic E-state index is 2.37. The van der Waals surface area contributed by atoms with Gasteiger partial charge in [0.15, 0.2) is 0 Å². The van der Waals surface area contributed by atoms with Gasteiger partial charge in [0.05, 0.1) is 0 Å². The summed E-state index contributed by atoms with van der Waals surface area (Å²) in [5.74, 6) is 1.34. The molecule has 0 fully saturated rings. The fourth-order valence-corrected chi connectivity index (χ4v) is 1.79. The third-order valence-electron chi connectivity index (χ3n) is 3.84. The first-order valence-corrected chi connectivity index (χ1v) is 6.42. The third kappa shape index (κ3) is 3.37. The van der Waals surface area contributed by atoms with Gasteiger partial charge in [0.1, 0.15) is 0 Å². The molecule has 0 spiro atoms. The first kappa shape index (κ1) is 13.3. The summed E-state index contributed by atoms with van der Waals surface area (Å²) in [6.07, 6.45) is 1.17. The SMILES string of the molecule is CC(C)c1cccc(CC(C)(C)C(C)C)c1. The van der Waals surface area contributed by atoms with Crippen LogP contribution in [-0.4, -0.2) is 0 Å². The Balaban J connectivity index is 2.86. The zero-order valence-corrected chi connectivity index (χ0v) is 11.7. The molecule has 0 amide bonds. The van der Waals surface area contributed by atoms with Crippen LogP contribution in [0.15, 0.2) is 24.3 Å². The lowest BCUT2D eigenvalue weighted by molar-refractivity contribution is 0.248. The van der Waals surface area contributed by atoms with Gasteiger partial charge in [0, 0.05) is 0 Å². The molecule has 0 bridgehead atoms. The highest BCUT2D eigenvalue weighted by Crippen LogP contribution is 2.31. The summed E-state index contributed by atoms with van der Waals surface area (Å²) in [5.41, 5.74) is 3.32. The Morgan fingerprint density at radius 2 is 1.69 bits per heavy atom. The van der Waals surface area contributed by atoms with Crippen molar-refractivity contribution in [1.29, 1.82) is 0 Å². The van der Waals surface area contributed by atoms with Gasteiger partial charge in [-0.25, -0.2) is 0 Å². The van der Waals surface area contributed by atoms with Crippen LogP contribution in [-0.2, 0) is 6.42 Å². The van der Waals surface area contributed by atoms with Crippen LogP contribution in [0.4, 0.5) is 0 Å². The third-order valence-corrected chi connectivity index (χ3v) is 3.84. The van der Waals surface area contributed by atoms with Crippen LogP contribution in [0.1, 0.15) is 58.6 Å². The van der Waals surface area contributed by atoms with Crippen LogP contribution < -0.4 is 0 Å². The van der Waals surface area contributed by atoms with Crippen molar-refractivity contribution in [2.75, 3.05) is 0 Å². The fourth-order valence-electron chi connectivity index (χ4n) is 1.79. The molecule has 0 nitrogen and oxygen atoms in total. The number of rotatable bonds is 4. The van der Waals surface area contributed by atoms with Crippen LogP contribution in [0.2, 0.25) is 0 Å². The number of benzene rings is 1. The molecule has 0 aromatic heterocycles. The second-order valence-corrected chi connectivity index (χ2v) is 6.22. The highest BCUT2D eigenvalue weighted by molar-refractivity contribution is 5.26. The van der Waals surface area contributed by atoms with E-state index in [9.17, 15) is 0 Å². The minimum atomic E-state index is 0.385. The van der Waals surface area contributed by atoms with Gasteiger partial charge in [-0.15, -0.1) is 0 Å². The molecule has 0 aliphatic carbocycles. The predicted octanol–water partition coefficient (Wildman–Crippen LogP) is 5.03. The summed E-state index contributed by atoms with van der Waals surface area (Å²) in [5, 5.41) is 0. The van der Waals surface area contributed by atoms with Crippen molar-refractivity contribution in [1.82, 2.24) is 0 Å². The molecule has 0 heterocycles. The molecule has 0 unspecified atom stereocenters. The van der Waals surface area contributed by atoms with Gasteiger partial charge in [0.25, 0.3) is 0 Å². The Morgan fingerprint density at radius 3 is 2.19 bits per heavy atom. The second-order valence-electron chi connectivity index (χ2n) is 6.22. The molecule has 0 saturated heterocycles. The molecule has 0 aliphatic heterocycles. The van der Waals surface area contributed by atoms with E-state index in [0.717, 1.165) is 5.92 Å². The zero-order chi connectivity index (χ0) is 12.3. The first-order chi connectivity index (χ1) is 7.33. The van der Waals surface area contributed by atoms with Gasteiger partial charge < -0.3 is 0 Å². The van der Waals surface area contributed by atoms with Crippen molar-refractivity contribution >= 4 is 0 Å². The van der Waals surface area contributed by atoms with Crippen LogP contribution in [0.25, 0.3) is 0 Å². The molecule has 1 rings (SSSR count). The predicted molar refractivity (Wildman–Crippen MR) is 72.9 cm³/mol. The van der Waals surface area contributed by atoms with E-state index in [-0.39, 0.29) is 0 Å². The molecule has 0 N–H and O–H groups in total. The minimum Gasteiger partial charge on any atom is -0.0623 e. The summed E-state index contributed by atoms with van der Waals surface area (Å²) in [4.78, 5) is 0. The smallest absolute Gasteiger partial charge is 0.0219 e. The molecule has 0 saturated carbocycles. The van der Waals surface area contributed by atoms with Crippen LogP contribution in [0.5, 0.6) is 0 Å². The van der Waals surface area contributed by atoms with Crippen molar-refractivity contribution in [3.63, 3.8) is 0 Å². The highest BCUT2D eigenvalue weighted by atomic mass is 14.3. The van der Waals surface area contributed by atoms with Gasteiger partial charge in [-0.1, -0.05) is 65.8 Å². The molecule has 0 heteroatoms. The Kier molecular flexibility index (Phi) is 4.18. The van der Waals surface area contributed by atoms with E-state index >= 15 is 0 Å². The van der Waals surface area contributed by atoms with Crippen LogP contribution in [0.3, 0.4) is 0 Å². The normalized spacial score (nSPS) is 12.5. The van der Waals surface area contributed by atoms with Gasteiger partial charge >= 0.3 is 0 Å². The van der Waals surface area contributed by atoms with Crippen LogP contribution >= 0.6 is 0 Å². The maximum absolute atomic E-state index is 2.37. The Hall–Kier alpha value is -0.780. The summed E-state index contributed by atoms with van der Waals surface area (Å²) in [6.45, 7) is 13.9. The lowest BCUT2D eigenvalue weighted by Crippen LogP contribution is -2.22. The molecule has 90 valence electrons. The minimum absolute atomic E-state index is 0.385. The van der Waals surface area contributed by atoms with E-state index in [1.807, 2.05) is 0 Å². The van der Waals surface area contributed by atoms with Gasteiger partial charge in [-0.05, 0) is 34.8 Å². The van der Waals surface area contributed by atoms with Crippen molar-refractivity contribution in [2.45, 2.75) is 53.9 Å². The van der Waals surface area contributed by atoms with Crippen molar-refractivity contribution in [3.8, 4) is 0 Å². The Labute approximate surface area is 101 Å². The van der Waals surface area contributed by atoms with Gasteiger partial charge in [0.2, 0.25) is 0 Å². The second kappa shape index (κ2) is 5.03. The molecule has 0 atom stereocenters. The van der Waals surface area contributed by atoms with E-state index in [1.54, 1.807) is 0 Å². The van der Waals surface area contributed by atoms with E-state index in [1.165, 1.54) is 17.5 Å². The lowest BCUT2D eigenvalue weighted by atomic mass is 9.76. The average molecular weight is 218 g/mol. The summed E-state index contributed by atoms with van der Waals surface area (Å²) < 4.78 is 0.